The first kappa shape index (κ1) is 11.0. The van der Waals surface area contributed by atoms with E-state index in [4.69, 9.17) is 14.2 Å². The lowest BCUT2D eigenvalue weighted by molar-refractivity contribution is -0.160. The monoisotopic (exact) mass is 240 g/mol. The summed E-state index contributed by atoms with van der Waals surface area (Å²) >= 11 is 0. The Hall–Kier alpha value is -1.07. The molecule has 0 aromatic rings. The third-order valence-electron chi connectivity index (χ3n) is 4.49. The maximum atomic E-state index is 11.7. The Labute approximate surface area is 99.3 Å². The van der Waals surface area contributed by atoms with Crippen LogP contribution in [-0.4, -0.2) is 37.2 Å². The van der Waals surface area contributed by atoms with Crippen LogP contribution in [0, 0.1) is 17.3 Å². The molecule has 3 aliphatic rings. The lowest BCUT2D eigenvalue weighted by Crippen LogP contribution is -2.44. The van der Waals surface area contributed by atoms with Crippen molar-refractivity contribution in [3.8, 4) is 0 Å². The number of aliphatic hydroxyl groups excluding tert-OH is 1. The van der Waals surface area contributed by atoms with Crippen LogP contribution >= 0.6 is 0 Å². The third-order valence-corrected chi connectivity index (χ3v) is 4.49. The van der Waals surface area contributed by atoms with Gasteiger partial charge in [0.1, 0.15) is 0 Å². The molecule has 1 aliphatic carbocycles. The zero-order valence-corrected chi connectivity index (χ0v) is 9.88. The fourth-order valence-corrected chi connectivity index (χ4v) is 3.55. The van der Waals surface area contributed by atoms with Crippen LogP contribution in [0.15, 0.2) is 11.8 Å². The molecule has 0 radical (unpaired) electrons. The van der Waals surface area contributed by atoms with Crippen molar-refractivity contribution in [2.24, 2.45) is 17.3 Å². The van der Waals surface area contributed by atoms with Gasteiger partial charge in [0.2, 0.25) is 6.29 Å². The van der Waals surface area contributed by atoms with Gasteiger partial charge in [0.25, 0.3) is 0 Å². The third kappa shape index (κ3) is 1.24. The molecule has 1 unspecified atom stereocenters. The van der Waals surface area contributed by atoms with Gasteiger partial charge in [-0.3, -0.25) is 0 Å². The Morgan fingerprint density at radius 2 is 2.41 bits per heavy atom. The van der Waals surface area contributed by atoms with E-state index >= 15 is 0 Å². The van der Waals surface area contributed by atoms with Crippen molar-refractivity contribution in [1.29, 1.82) is 0 Å². The van der Waals surface area contributed by atoms with Crippen LogP contribution < -0.4 is 0 Å². The topological polar surface area (TPSA) is 65.0 Å². The molecule has 5 heteroatoms. The minimum Gasteiger partial charge on any atom is -0.471 e. The second kappa shape index (κ2) is 3.46. The second-order valence-corrected chi connectivity index (χ2v) is 5.21. The highest BCUT2D eigenvalue weighted by molar-refractivity contribution is 5.89. The highest BCUT2D eigenvalue weighted by atomic mass is 16.7. The molecule has 0 aromatic carbocycles. The molecule has 1 N–H and O–H groups in total. The van der Waals surface area contributed by atoms with Crippen molar-refractivity contribution >= 4 is 5.97 Å². The summed E-state index contributed by atoms with van der Waals surface area (Å²) in [5.41, 5.74) is 0.101. The van der Waals surface area contributed by atoms with Crippen molar-refractivity contribution in [1.82, 2.24) is 0 Å². The van der Waals surface area contributed by atoms with Crippen LogP contribution in [0.3, 0.4) is 0 Å². The van der Waals surface area contributed by atoms with Gasteiger partial charge in [0.15, 0.2) is 0 Å². The quantitative estimate of drug-likeness (QED) is 0.673. The van der Waals surface area contributed by atoms with E-state index < -0.39 is 12.1 Å². The molecule has 5 nitrogen and oxygen atoms in total. The van der Waals surface area contributed by atoms with Gasteiger partial charge in [-0.25, -0.2) is 4.79 Å². The molecule has 0 spiro atoms. The van der Waals surface area contributed by atoms with E-state index in [-0.39, 0.29) is 23.5 Å². The standard InChI is InChI=1S/C12H16O5/c1-12-6-3-8(13)9(12)7(10(14)15-2)5-17-11(12)16-4-6/h5-6,8-9,11,13H,3-4H2,1-2H3/t6-,8?,9-,11-,12+/m0/s1. The van der Waals surface area contributed by atoms with Crippen LogP contribution in [0.1, 0.15) is 13.3 Å². The van der Waals surface area contributed by atoms with Gasteiger partial charge < -0.3 is 19.3 Å². The smallest absolute Gasteiger partial charge is 0.337 e. The normalized spacial score (nSPS) is 47.1. The first-order valence-corrected chi connectivity index (χ1v) is 5.82. The second-order valence-electron chi connectivity index (χ2n) is 5.21. The van der Waals surface area contributed by atoms with Crippen LogP contribution in [0.4, 0.5) is 0 Å². The maximum Gasteiger partial charge on any atom is 0.337 e. The molecular weight excluding hydrogens is 224 g/mol. The van der Waals surface area contributed by atoms with Gasteiger partial charge in [0, 0.05) is 11.3 Å². The fraction of sp³-hybridized carbons (Fsp3) is 0.750. The van der Waals surface area contributed by atoms with Crippen molar-refractivity contribution < 1.29 is 24.1 Å². The molecular formula is C12H16O5. The summed E-state index contributed by atoms with van der Waals surface area (Å²) < 4.78 is 15.8. The van der Waals surface area contributed by atoms with Gasteiger partial charge in [-0.05, 0) is 12.3 Å². The Morgan fingerprint density at radius 3 is 3.12 bits per heavy atom. The Morgan fingerprint density at radius 1 is 1.65 bits per heavy atom. The maximum absolute atomic E-state index is 11.7. The van der Waals surface area contributed by atoms with Crippen molar-refractivity contribution in [3.63, 3.8) is 0 Å². The van der Waals surface area contributed by atoms with Crippen molar-refractivity contribution in [2.75, 3.05) is 13.7 Å². The van der Waals surface area contributed by atoms with Gasteiger partial charge in [0.05, 0.1) is 31.7 Å². The zero-order valence-electron chi connectivity index (χ0n) is 9.88. The van der Waals surface area contributed by atoms with Gasteiger partial charge >= 0.3 is 5.97 Å². The van der Waals surface area contributed by atoms with Gasteiger partial charge in [-0.2, -0.15) is 0 Å². The molecule has 1 saturated heterocycles. The highest BCUT2D eigenvalue weighted by Crippen LogP contribution is 2.59. The molecule has 0 aromatic heterocycles. The van der Waals surface area contributed by atoms with E-state index in [2.05, 4.69) is 0 Å². The van der Waals surface area contributed by atoms with Gasteiger partial charge in [-0.15, -0.1) is 0 Å². The molecule has 17 heavy (non-hydrogen) atoms. The Kier molecular flexibility index (Phi) is 2.25. The molecule has 2 heterocycles. The number of ether oxygens (including phenoxy) is 3. The SMILES string of the molecule is COC(=O)C1=CO[C@@H]2OC[C@@H]3CC(O)[C@H]1[C@@]32C. The molecule has 0 bridgehead atoms. The molecule has 5 atom stereocenters. The number of hydrogen-bond acceptors (Lipinski definition) is 5. The van der Waals surface area contributed by atoms with Crippen LogP contribution in [0.2, 0.25) is 0 Å². The summed E-state index contributed by atoms with van der Waals surface area (Å²) in [5, 5.41) is 10.2. The summed E-state index contributed by atoms with van der Waals surface area (Å²) in [6, 6.07) is 0. The molecule has 94 valence electrons. The summed E-state index contributed by atoms with van der Waals surface area (Å²) in [6.45, 7) is 2.60. The Balaban J connectivity index is 2.03. The lowest BCUT2D eigenvalue weighted by atomic mass is 9.70. The molecule has 2 aliphatic heterocycles. The summed E-state index contributed by atoms with van der Waals surface area (Å²) in [5.74, 6) is -0.441. The van der Waals surface area contributed by atoms with Crippen LogP contribution in [0.5, 0.6) is 0 Å². The van der Waals surface area contributed by atoms with E-state index in [0.717, 1.165) is 0 Å². The number of aliphatic hydroxyl groups is 1. The Bertz CT molecular complexity index is 390. The first-order valence-electron chi connectivity index (χ1n) is 5.82. The minimum absolute atomic E-state index is 0.237. The number of methoxy groups -OCH3 is 1. The number of rotatable bonds is 1. The zero-order chi connectivity index (χ0) is 12.2. The number of hydrogen-bond donors (Lipinski definition) is 1. The largest absolute Gasteiger partial charge is 0.471 e. The predicted octanol–water partition coefficient (Wildman–Crippen LogP) is 0.433. The molecule has 1 saturated carbocycles. The molecule has 2 fully saturated rings. The van der Waals surface area contributed by atoms with Crippen LogP contribution in [0.25, 0.3) is 0 Å². The molecule has 3 rings (SSSR count). The highest BCUT2D eigenvalue weighted by Gasteiger charge is 2.64. The van der Waals surface area contributed by atoms with Crippen molar-refractivity contribution in [2.45, 2.75) is 25.7 Å². The summed E-state index contributed by atoms with van der Waals surface area (Å²) in [6.07, 6.45) is 1.16. The molecule has 0 amide bonds. The van der Waals surface area contributed by atoms with E-state index in [0.29, 0.717) is 18.6 Å². The van der Waals surface area contributed by atoms with E-state index in [9.17, 15) is 9.90 Å². The summed E-state index contributed by atoms with van der Waals surface area (Å²) in [7, 11) is 1.33. The van der Waals surface area contributed by atoms with E-state index in [1.54, 1.807) is 0 Å². The van der Waals surface area contributed by atoms with Crippen molar-refractivity contribution in [3.05, 3.63) is 11.8 Å². The number of carbonyl (C=O) groups is 1. The van der Waals surface area contributed by atoms with E-state index in [1.165, 1.54) is 13.4 Å². The predicted molar refractivity (Wildman–Crippen MR) is 56.6 cm³/mol. The first-order chi connectivity index (χ1) is 8.09. The lowest BCUT2D eigenvalue weighted by Gasteiger charge is -2.39. The number of carbonyl (C=O) groups excluding carboxylic acids is 1. The van der Waals surface area contributed by atoms with Gasteiger partial charge in [-0.1, -0.05) is 6.92 Å². The average molecular weight is 240 g/mol. The fourth-order valence-electron chi connectivity index (χ4n) is 3.55. The number of esters is 1. The van der Waals surface area contributed by atoms with E-state index in [1.807, 2.05) is 6.92 Å². The minimum atomic E-state index is -0.523. The average Bonchev–Trinajstić information content (AvgIpc) is 2.77. The van der Waals surface area contributed by atoms with Crippen LogP contribution in [-0.2, 0) is 19.0 Å². The summed E-state index contributed by atoms with van der Waals surface area (Å²) in [4.78, 5) is 11.7.